The van der Waals surface area contributed by atoms with E-state index in [-0.39, 0.29) is 5.69 Å². The predicted octanol–water partition coefficient (Wildman–Crippen LogP) is 2.02. The second-order valence-corrected chi connectivity index (χ2v) is 3.73. The van der Waals surface area contributed by atoms with Gasteiger partial charge in [-0.3, -0.25) is 10.1 Å². The Labute approximate surface area is 109 Å². The molecule has 8 nitrogen and oxygen atoms in total. The van der Waals surface area contributed by atoms with Gasteiger partial charge in [-0.15, -0.1) is 0 Å². The van der Waals surface area contributed by atoms with Crippen molar-refractivity contribution < 1.29 is 9.45 Å². The molecule has 0 aliphatic carbocycles. The van der Waals surface area contributed by atoms with Gasteiger partial charge in [0.25, 0.3) is 5.69 Å². The number of pyridine rings is 1. The Bertz CT molecular complexity index is 555. The minimum atomic E-state index is -0.455. The Morgan fingerprint density at radius 3 is 2.68 bits per heavy atom. The molecule has 0 unspecified atom stereocenters. The summed E-state index contributed by atoms with van der Waals surface area (Å²) in [5.41, 5.74) is 0.673. The van der Waals surface area contributed by atoms with Crippen LogP contribution in [0.5, 0.6) is 0 Å². The van der Waals surface area contributed by atoms with Crippen molar-refractivity contribution in [3.05, 3.63) is 40.3 Å². The maximum Gasteiger partial charge on any atom is 0.276 e. The molecule has 19 heavy (non-hydrogen) atoms. The third kappa shape index (κ3) is 3.41. The number of nitrogens with zero attached hydrogens (tertiary/aromatic N) is 3. The fourth-order valence-electron chi connectivity index (χ4n) is 1.49. The third-order valence-corrected chi connectivity index (χ3v) is 2.32. The second kappa shape index (κ2) is 5.80. The van der Waals surface area contributed by atoms with Crippen LogP contribution in [0.25, 0.3) is 0 Å². The standard InChI is InChI=1S/C11H13N5O3/c1-2-12-10-5-9(16(17)18)6-11(14-10)13-7-8-3-4-19-15-8/h3-6H,2,7H2,1H3,(H2,12,13,14). The molecule has 0 aliphatic heterocycles. The van der Waals surface area contributed by atoms with Crippen molar-refractivity contribution >= 4 is 17.3 Å². The normalized spacial score (nSPS) is 10.2. The summed E-state index contributed by atoms with van der Waals surface area (Å²) in [5.74, 6) is 0.868. The summed E-state index contributed by atoms with van der Waals surface area (Å²) in [7, 11) is 0. The molecule has 0 amide bonds. The van der Waals surface area contributed by atoms with Crippen molar-refractivity contribution in [3.63, 3.8) is 0 Å². The van der Waals surface area contributed by atoms with Gasteiger partial charge in [-0.2, -0.15) is 0 Å². The van der Waals surface area contributed by atoms with Crippen molar-refractivity contribution in [1.82, 2.24) is 10.1 Å². The number of nitrogens with one attached hydrogen (secondary N) is 2. The molecule has 0 fully saturated rings. The summed E-state index contributed by atoms with van der Waals surface area (Å²) in [4.78, 5) is 14.6. The molecule has 2 aromatic heterocycles. The van der Waals surface area contributed by atoms with E-state index in [1.54, 1.807) is 6.07 Å². The van der Waals surface area contributed by atoms with Crippen LogP contribution in [0.1, 0.15) is 12.6 Å². The molecular formula is C11H13N5O3. The van der Waals surface area contributed by atoms with Crippen molar-refractivity contribution in [3.8, 4) is 0 Å². The highest BCUT2D eigenvalue weighted by Crippen LogP contribution is 2.20. The average molecular weight is 263 g/mol. The molecule has 0 aliphatic rings. The van der Waals surface area contributed by atoms with Crippen molar-refractivity contribution in [2.24, 2.45) is 0 Å². The molecule has 0 spiro atoms. The van der Waals surface area contributed by atoms with E-state index in [9.17, 15) is 10.1 Å². The Morgan fingerprint density at radius 1 is 1.37 bits per heavy atom. The van der Waals surface area contributed by atoms with Gasteiger partial charge in [0.15, 0.2) is 0 Å². The van der Waals surface area contributed by atoms with Crippen LogP contribution in [-0.2, 0) is 6.54 Å². The van der Waals surface area contributed by atoms with Gasteiger partial charge >= 0.3 is 0 Å². The lowest BCUT2D eigenvalue weighted by molar-refractivity contribution is -0.384. The quantitative estimate of drug-likeness (QED) is 0.606. The van der Waals surface area contributed by atoms with E-state index in [2.05, 4.69) is 20.8 Å². The van der Waals surface area contributed by atoms with Gasteiger partial charge in [0.1, 0.15) is 23.6 Å². The number of hydrogen-bond acceptors (Lipinski definition) is 7. The van der Waals surface area contributed by atoms with Gasteiger partial charge < -0.3 is 15.2 Å². The van der Waals surface area contributed by atoms with Crippen molar-refractivity contribution in [1.29, 1.82) is 0 Å². The monoisotopic (exact) mass is 263 g/mol. The summed E-state index contributed by atoms with van der Waals surface area (Å²) in [5, 5.41) is 20.5. The van der Waals surface area contributed by atoms with E-state index < -0.39 is 4.92 Å². The molecule has 0 saturated heterocycles. The highest BCUT2D eigenvalue weighted by Gasteiger charge is 2.11. The van der Waals surface area contributed by atoms with E-state index in [4.69, 9.17) is 4.52 Å². The maximum atomic E-state index is 10.8. The van der Waals surface area contributed by atoms with Crippen LogP contribution in [0.15, 0.2) is 29.0 Å². The molecule has 0 radical (unpaired) electrons. The number of aromatic nitrogens is 2. The molecule has 0 saturated carbocycles. The Balaban J connectivity index is 2.16. The van der Waals surface area contributed by atoms with E-state index in [0.29, 0.717) is 30.4 Å². The molecule has 0 bridgehead atoms. The molecule has 2 heterocycles. The van der Waals surface area contributed by atoms with Crippen LogP contribution in [0.3, 0.4) is 0 Å². The first-order valence-electron chi connectivity index (χ1n) is 5.72. The number of rotatable bonds is 6. The Hall–Kier alpha value is -2.64. The van der Waals surface area contributed by atoms with Gasteiger partial charge in [-0.1, -0.05) is 5.16 Å². The average Bonchev–Trinajstić information content (AvgIpc) is 2.89. The van der Waals surface area contributed by atoms with Crippen LogP contribution in [0, 0.1) is 10.1 Å². The van der Waals surface area contributed by atoms with Gasteiger partial charge in [0, 0.05) is 12.6 Å². The Kier molecular flexibility index (Phi) is 3.91. The summed E-state index contributed by atoms with van der Waals surface area (Å²) in [6.45, 7) is 2.91. The zero-order valence-electron chi connectivity index (χ0n) is 10.3. The van der Waals surface area contributed by atoms with E-state index in [1.807, 2.05) is 6.92 Å². The van der Waals surface area contributed by atoms with E-state index in [0.717, 1.165) is 0 Å². The van der Waals surface area contributed by atoms with Crippen LogP contribution in [0.2, 0.25) is 0 Å². The first-order valence-corrected chi connectivity index (χ1v) is 5.72. The summed E-state index contributed by atoms with van der Waals surface area (Å²) < 4.78 is 4.70. The smallest absolute Gasteiger partial charge is 0.276 e. The summed E-state index contributed by atoms with van der Waals surface area (Å²) in [6.07, 6.45) is 1.46. The molecule has 2 N–H and O–H groups in total. The summed E-state index contributed by atoms with van der Waals surface area (Å²) >= 11 is 0. The zero-order chi connectivity index (χ0) is 13.7. The number of hydrogen-bond donors (Lipinski definition) is 2. The zero-order valence-corrected chi connectivity index (χ0v) is 10.3. The van der Waals surface area contributed by atoms with Gasteiger partial charge in [0.2, 0.25) is 0 Å². The SMILES string of the molecule is CCNc1cc([N+](=O)[O-])cc(NCc2ccon2)n1. The van der Waals surface area contributed by atoms with Crippen LogP contribution >= 0.6 is 0 Å². The first-order chi connectivity index (χ1) is 9.19. The van der Waals surface area contributed by atoms with Crippen LogP contribution < -0.4 is 10.6 Å². The van der Waals surface area contributed by atoms with E-state index >= 15 is 0 Å². The van der Waals surface area contributed by atoms with Crippen LogP contribution in [-0.4, -0.2) is 21.6 Å². The Morgan fingerprint density at radius 2 is 2.11 bits per heavy atom. The number of nitro groups is 1. The highest BCUT2D eigenvalue weighted by molar-refractivity contribution is 5.54. The first kappa shape index (κ1) is 12.8. The fraction of sp³-hybridized carbons (Fsp3) is 0.273. The minimum Gasteiger partial charge on any atom is -0.370 e. The van der Waals surface area contributed by atoms with Crippen LogP contribution in [0.4, 0.5) is 17.3 Å². The minimum absolute atomic E-state index is 0.0198. The van der Waals surface area contributed by atoms with Crippen molar-refractivity contribution in [2.75, 3.05) is 17.2 Å². The highest BCUT2D eigenvalue weighted by atomic mass is 16.6. The lowest BCUT2D eigenvalue weighted by Crippen LogP contribution is -2.06. The fourth-order valence-corrected chi connectivity index (χ4v) is 1.49. The van der Waals surface area contributed by atoms with Gasteiger partial charge in [0.05, 0.1) is 23.6 Å². The number of anilines is 2. The van der Waals surface area contributed by atoms with Gasteiger partial charge in [-0.25, -0.2) is 4.98 Å². The van der Waals surface area contributed by atoms with Crippen molar-refractivity contribution in [2.45, 2.75) is 13.5 Å². The predicted molar refractivity (Wildman–Crippen MR) is 68.9 cm³/mol. The third-order valence-electron chi connectivity index (χ3n) is 2.32. The molecule has 8 heteroatoms. The molecule has 0 atom stereocenters. The lowest BCUT2D eigenvalue weighted by atomic mass is 10.3. The second-order valence-electron chi connectivity index (χ2n) is 3.73. The summed E-state index contributed by atoms with van der Waals surface area (Å²) in [6, 6.07) is 4.47. The molecule has 2 aromatic rings. The molecule has 100 valence electrons. The maximum absolute atomic E-state index is 10.8. The lowest BCUT2D eigenvalue weighted by Gasteiger charge is -2.07. The molecule has 2 rings (SSSR count). The topological polar surface area (TPSA) is 106 Å². The molecule has 0 aromatic carbocycles. The molecular weight excluding hydrogens is 250 g/mol. The largest absolute Gasteiger partial charge is 0.370 e. The van der Waals surface area contributed by atoms with E-state index in [1.165, 1.54) is 18.4 Å². The van der Waals surface area contributed by atoms with Gasteiger partial charge in [-0.05, 0) is 6.92 Å².